The summed E-state index contributed by atoms with van der Waals surface area (Å²) in [6.45, 7) is 2.73. The van der Waals surface area contributed by atoms with Crippen molar-refractivity contribution in [3.8, 4) is 22.5 Å². The summed E-state index contributed by atoms with van der Waals surface area (Å²) in [5.74, 6) is 1.08. The predicted octanol–water partition coefficient (Wildman–Crippen LogP) is 4.47. The average molecular weight is 408 g/mol. The molecule has 1 saturated heterocycles. The summed E-state index contributed by atoms with van der Waals surface area (Å²) in [5, 5.41) is 0.890. The third kappa shape index (κ3) is 5.08. The van der Waals surface area contributed by atoms with Crippen molar-refractivity contribution in [1.82, 2.24) is 14.9 Å². The highest BCUT2D eigenvalue weighted by molar-refractivity contribution is 7.99. The van der Waals surface area contributed by atoms with Crippen molar-refractivity contribution in [3.05, 3.63) is 60.7 Å². The minimum absolute atomic E-state index is 0.225. The topological polar surface area (TPSA) is 58.2 Å². The molecule has 0 spiro atoms. The van der Waals surface area contributed by atoms with E-state index in [1.807, 2.05) is 41.3 Å². The first-order chi connectivity index (χ1) is 14.3. The van der Waals surface area contributed by atoms with Crippen molar-refractivity contribution in [2.45, 2.75) is 18.0 Å². The van der Waals surface area contributed by atoms with Crippen LogP contribution in [0.15, 0.2) is 65.8 Å². The first-order valence-corrected chi connectivity index (χ1v) is 11.0. The third-order valence-corrected chi connectivity index (χ3v) is 5.89. The zero-order chi connectivity index (χ0) is 19.9. The first kappa shape index (κ1) is 19.7. The Morgan fingerprint density at radius 3 is 2.34 bits per heavy atom. The van der Waals surface area contributed by atoms with Gasteiger partial charge in [0.2, 0.25) is 5.91 Å². The molecule has 1 aromatic heterocycles. The normalized spacial score (nSPS) is 14.1. The molecule has 6 heteroatoms. The van der Waals surface area contributed by atoms with E-state index in [1.54, 1.807) is 11.8 Å². The number of amides is 1. The van der Waals surface area contributed by atoms with Crippen LogP contribution in [0.4, 0.5) is 0 Å². The van der Waals surface area contributed by atoms with Crippen LogP contribution in [-0.2, 0) is 9.53 Å². The molecule has 1 fully saturated rings. The fourth-order valence-electron chi connectivity index (χ4n) is 3.40. The van der Waals surface area contributed by atoms with Crippen LogP contribution in [0.1, 0.15) is 12.8 Å². The molecule has 3 aromatic rings. The monoisotopic (exact) mass is 407 g/mol. The minimum atomic E-state index is 0.225. The fourth-order valence-corrected chi connectivity index (χ4v) is 4.21. The zero-order valence-electron chi connectivity index (χ0n) is 16.3. The largest absolute Gasteiger partial charge is 0.378 e. The number of nitrogens with one attached hydrogen (secondary N) is 1. The maximum absolute atomic E-state index is 12.3. The highest BCUT2D eigenvalue weighted by Gasteiger charge is 2.17. The molecule has 0 unspecified atom stereocenters. The predicted molar refractivity (Wildman–Crippen MR) is 117 cm³/mol. The van der Waals surface area contributed by atoms with Crippen molar-refractivity contribution in [2.24, 2.45) is 0 Å². The molecule has 1 N–H and O–H groups in total. The highest BCUT2D eigenvalue weighted by Crippen LogP contribution is 2.32. The number of aromatic amines is 1. The molecule has 0 radical (unpaired) electrons. The quantitative estimate of drug-likeness (QED) is 0.464. The number of imidazole rings is 1. The second-order valence-corrected chi connectivity index (χ2v) is 8.03. The minimum Gasteiger partial charge on any atom is -0.378 e. The van der Waals surface area contributed by atoms with Gasteiger partial charge in [0.05, 0.1) is 24.6 Å². The third-order valence-electron chi connectivity index (χ3n) is 4.93. The molecule has 150 valence electrons. The van der Waals surface area contributed by atoms with Gasteiger partial charge in [-0.25, -0.2) is 4.98 Å². The van der Waals surface area contributed by atoms with Gasteiger partial charge in [-0.2, -0.15) is 0 Å². The van der Waals surface area contributed by atoms with E-state index in [1.165, 1.54) is 0 Å². The number of carbonyl (C=O) groups excluding carboxylic acids is 1. The van der Waals surface area contributed by atoms with Crippen LogP contribution in [0.2, 0.25) is 0 Å². The lowest BCUT2D eigenvalue weighted by Gasteiger charge is -2.26. The van der Waals surface area contributed by atoms with Gasteiger partial charge in [-0.1, -0.05) is 72.4 Å². The van der Waals surface area contributed by atoms with Crippen molar-refractivity contribution in [2.75, 3.05) is 32.1 Å². The Balaban J connectivity index is 1.41. The lowest BCUT2D eigenvalue weighted by Crippen LogP contribution is -2.40. The Morgan fingerprint density at radius 1 is 1.00 bits per heavy atom. The van der Waals surface area contributed by atoms with Gasteiger partial charge in [-0.05, 0) is 6.42 Å². The van der Waals surface area contributed by atoms with E-state index < -0.39 is 0 Å². The Bertz CT molecular complexity index is 865. The standard InChI is InChI=1S/C23H25N3O2S/c27-20(26-13-15-28-16-14-26)12-7-17-29-23-24-21(18-8-3-1-4-9-18)22(25-23)19-10-5-2-6-11-19/h1-6,8-11H,7,12-17H2,(H,24,25). The number of rotatable bonds is 7. The molecule has 5 nitrogen and oxygen atoms in total. The van der Waals surface area contributed by atoms with Crippen LogP contribution in [0.3, 0.4) is 0 Å². The summed E-state index contributed by atoms with van der Waals surface area (Å²) in [7, 11) is 0. The van der Waals surface area contributed by atoms with Crippen molar-refractivity contribution in [3.63, 3.8) is 0 Å². The van der Waals surface area contributed by atoms with Gasteiger partial charge in [0.25, 0.3) is 0 Å². The summed E-state index contributed by atoms with van der Waals surface area (Å²) in [6, 6.07) is 20.5. The van der Waals surface area contributed by atoms with E-state index in [4.69, 9.17) is 9.72 Å². The molecule has 1 aliphatic rings. The van der Waals surface area contributed by atoms with Gasteiger partial charge in [0.1, 0.15) is 0 Å². The van der Waals surface area contributed by atoms with Crippen LogP contribution in [0.5, 0.6) is 0 Å². The number of H-pyrrole nitrogens is 1. The van der Waals surface area contributed by atoms with Crippen LogP contribution in [-0.4, -0.2) is 52.8 Å². The number of nitrogens with zero attached hydrogens (tertiary/aromatic N) is 2. The molecule has 2 aromatic carbocycles. The van der Waals surface area contributed by atoms with Crippen LogP contribution in [0.25, 0.3) is 22.5 Å². The summed E-state index contributed by atoms with van der Waals surface area (Å²) in [6.07, 6.45) is 1.41. The smallest absolute Gasteiger partial charge is 0.222 e. The van der Waals surface area contributed by atoms with Gasteiger partial charge >= 0.3 is 0 Å². The number of ether oxygens (including phenoxy) is 1. The molecule has 0 atom stereocenters. The fraction of sp³-hybridized carbons (Fsp3) is 0.304. The van der Waals surface area contributed by atoms with Crippen LogP contribution in [0, 0.1) is 0 Å². The van der Waals surface area contributed by atoms with Crippen LogP contribution < -0.4 is 0 Å². The van der Waals surface area contributed by atoms with E-state index in [0.717, 1.165) is 39.8 Å². The van der Waals surface area contributed by atoms with E-state index in [-0.39, 0.29) is 5.91 Å². The number of morpholine rings is 1. The van der Waals surface area contributed by atoms with Gasteiger partial charge in [-0.3, -0.25) is 4.79 Å². The van der Waals surface area contributed by atoms with Crippen molar-refractivity contribution < 1.29 is 9.53 Å². The SMILES string of the molecule is O=C(CCCSc1nc(-c2ccccc2)c(-c2ccccc2)[nH]1)N1CCOCC1. The number of benzene rings is 2. The highest BCUT2D eigenvalue weighted by atomic mass is 32.2. The Hall–Kier alpha value is -2.57. The zero-order valence-corrected chi connectivity index (χ0v) is 17.2. The molecule has 0 aliphatic carbocycles. The number of hydrogen-bond acceptors (Lipinski definition) is 4. The van der Waals surface area contributed by atoms with E-state index in [9.17, 15) is 4.79 Å². The molecule has 0 saturated carbocycles. The Morgan fingerprint density at radius 2 is 1.66 bits per heavy atom. The molecule has 1 amide bonds. The first-order valence-electron chi connectivity index (χ1n) is 10.0. The molecule has 29 heavy (non-hydrogen) atoms. The second-order valence-electron chi connectivity index (χ2n) is 6.94. The molecular formula is C23H25N3O2S. The van der Waals surface area contributed by atoms with Crippen molar-refractivity contribution in [1.29, 1.82) is 0 Å². The summed E-state index contributed by atoms with van der Waals surface area (Å²) < 4.78 is 5.31. The summed E-state index contributed by atoms with van der Waals surface area (Å²) in [4.78, 5) is 22.5. The van der Waals surface area contributed by atoms with E-state index in [2.05, 4.69) is 29.2 Å². The van der Waals surface area contributed by atoms with E-state index in [0.29, 0.717) is 32.7 Å². The maximum Gasteiger partial charge on any atom is 0.222 e. The average Bonchev–Trinajstić information content (AvgIpc) is 3.23. The number of carbonyl (C=O) groups is 1. The molecule has 4 rings (SSSR count). The van der Waals surface area contributed by atoms with Gasteiger partial charge in [-0.15, -0.1) is 0 Å². The van der Waals surface area contributed by atoms with Crippen molar-refractivity contribution >= 4 is 17.7 Å². The lowest BCUT2D eigenvalue weighted by molar-refractivity contribution is -0.135. The number of thioether (sulfide) groups is 1. The van der Waals surface area contributed by atoms with Gasteiger partial charge < -0.3 is 14.6 Å². The Kier molecular flexibility index (Phi) is 6.64. The van der Waals surface area contributed by atoms with Gasteiger partial charge in [0.15, 0.2) is 5.16 Å². The van der Waals surface area contributed by atoms with Crippen LogP contribution >= 0.6 is 11.8 Å². The lowest BCUT2D eigenvalue weighted by atomic mass is 10.1. The number of aromatic nitrogens is 2. The summed E-state index contributed by atoms with van der Waals surface area (Å²) in [5.41, 5.74) is 4.21. The summed E-state index contributed by atoms with van der Waals surface area (Å²) >= 11 is 1.67. The maximum atomic E-state index is 12.3. The van der Waals surface area contributed by atoms with E-state index >= 15 is 0 Å². The molecule has 1 aliphatic heterocycles. The van der Waals surface area contributed by atoms with Gasteiger partial charge in [0, 0.05) is 36.4 Å². The molecule has 2 heterocycles. The molecular weight excluding hydrogens is 382 g/mol. The number of hydrogen-bond donors (Lipinski definition) is 1. The second kappa shape index (κ2) is 9.76. The molecule has 0 bridgehead atoms. The Labute approximate surface area is 175 Å².